The van der Waals surface area contributed by atoms with Crippen molar-refractivity contribution >= 4 is 46.4 Å². The van der Waals surface area contributed by atoms with E-state index < -0.39 is 6.04 Å². The Bertz CT molecular complexity index is 902. The highest BCUT2D eigenvalue weighted by molar-refractivity contribution is 7.80. The fourth-order valence-electron chi connectivity index (χ4n) is 3.21. The summed E-state index contributed by atoms with van der Waals surface area (Å²) in [5, 5.41) is 3.84. The van der Waals surface area contributed by atoms with Crippen LogP contribution in [0.15, 0.2) is 48.5 Å². The van der Waals surface area contributed by atoms with Crippen molar-refractivity contribution in [3.05, 3.63) is 59.1 Å². The fourth-order valence-corrected chi connectivity index (χ4v) is 3.75. The van der Waals surface area contributed by atoms with Crippen LogP contribution in [0.5, 0.6) is 5.75 Å². The standard InChI is InChI=1S/C21H22ClN3O3S/c1-3-24-20(27)18(12-19(26)23-16-8-6-15(22)7-9-16)25(21(24)29)13-14-4-10-17(28-2)11-5-14/h4-11,18H,3,12-13H2,1-2H3,(H,23,26)/t18-/m0/s1. The topological polar surface area (TPSA) is 61.9 Å². The molecule has 29 heavy (non-hydrogen) atoms. The quantitative estimate of drug-likeness (QED) is 0.677. The number of anilines is 1. The van der Waals surface area contributed by atoms with Gasteiger partial charge in [-0.2, -0.15) is 0 Å². The van der Waals surface area contributed by atoms with Gasteiger partial charge < -0.3 is 15.0 Å². The second kappa shape index (κ2) is 9.24. The van der Waals surface area contributed by atoms with E-state index in [0.717, 1.165) is 11.3 Å². The van der Waals surface area contributed by atoms with Crippen molar-refractivity contribution < 1.29 is 14.3 Å². The number of nitrogens with one attached hydrogen (secondary N) is 1. The third kappa shape index (κ3) is 4.86. The predicted molar refractivity (Wildman–Crippen MR) is 117 cm³/mol. The highest BCUT2D eigenvalue weighted by Gasteiger charge is 2.42. The number of thiocarbonyl (C=S) groups is 1. The van der Waals surface area contributed by atoms with Crippen LogP contribution in [-0.2, 0) is 16.1 Å². The zero-order valence-electron chi connectivity index (χ0n) is 16.2. The Morgan fingerprint density at radius 1 is 1.17 bits per heavy atom. The van der Waals surface area contributed by atoms with Crippen LogP contribution in [0.4, 0.5) is 5.69 Å². The van der Waals surface area contributed by atoms with E-state index in [1.54, 1.807) is 36.3 Å². The number of benzene rings is 2. The first-order chi connectivity index (χ1) is 13.9. The number of carbonyl (C=O) groups excluding carboxylic acids is 2. The Kier molecular flexibility index (Phi) is 6.71. The van der Waals surface area contributed by atoms with Gasteiger partial charge in [0.05, 0.1) is 13.5 Å². The monoisotopic (exact) mass is 431 g/mol. The summed E-state index contributed by atoms with van der Waals surface area (Å²) >= 11 is 11.4. The van der Waals surface area contributed by atoms with Crippen LogP contribution in [0.1, 0.15) is 18.9 Å². The largest absolute Gasteiger partial charge is 0.497 e. The molecule has 0 unspecified atom stereocenters. The molecule has 1 N–H and O–H groups in total. The van der Waals surface area contributed by atoms with E-state index >= 15 is 0 Å². The summed E-state index contributed by atoms with van der Waals surface area (Å²) in [5.41, 5.74) is 1.60. The Hall–Kier alpha value is -2.64. The molecule has 1 atom stereocenters. The van der Waals surface area contributed by atoms with E-state index in [9.17, 15) is 9.59 Å². The third-order valence-corrected chi connectivity index (χ3v) is 5.45. The van der Waals surface area contributed by atoms with Crippen molar-refractivity contribution in [2.24, 2.45) is 0 Å². The molecule has 1 fully saturated rings. The van der Waals surface area contributed by atoms with Crippen LogP contribution in [0, 0.1) is 0 Å². The van der Waals surface area contributed by atoms with E-state index in [-0.39, 0.29) is 18.2 Å². The molecule has 0 bridgehead atoms. The molecular weight excluding hydrogens is 410 g/mol. The molecule has 3 rings (SSSR count). The van der Waals surface area contributed by atoms with Gasteiger partial charge in [0, 0.05) is 23.8 Å². The smallest absolute Gasteiger partial charge is 0.252 e. The predicted octanol–water partition coefficient (Wildman–Crippen LogP) is 3.70. The number of nitrogens with zero attached hydrogens (tertiary/aromatic N) is 2. The molecule has 1 heterocycles. The Morgan fingerprint density at radius 2 is 1.83 bits per heavy atom. The number of methoxy groups -OCH3 is 1. The number of amides is 2. The van der Waals surface area contributed by atoms with Crippen LogP contribution in [-0.4, -0.2) is 46.4 Å². The Balaban J connectivity index is 1.75. The SMILES string of the molecule is CCN1C(=O)[C@H](CC(=O)Nc2ccc(Cl)cc2)N(Cc2ccc(OC)cc2)C1=S. The van der Waals surface area contributed by atoms with Crippen LogP contribution in [0.2, 0.25) is 5.02 Å². The number of halogens is 1. The van der Waals surface area contributed by atoms with Crippen LogP contribution >= 0.6 is 23.8 Å². The summed E-state index contributed by atoms with van der Waals surface area (Å²) in [5.74, 6) is 0.339. The van der Waals surface area contributed by atoms with Gasteiger partial charge in [0.2, 0.25) is 5.91 Å². The molecule has 1 aliphatic heterocycles. The first-order valence-electron chi connectivity index (χ1n) is 9.23. The van der Waals surface area contributed by atoms with Gasteiger partial charge in [-0.05, 0) is 61.1 Å². The second-order valence-corrected chi connectivity index (χ2v) is 7.42. The van der Waals surface area contributed by atoms with Gasteiger partial charge in [-0.1, -0.05) is 23.7 Å². The van der Waals surface area contributed by atoms with Crippen molar-refractivity contribution in [1.82, 2.24) is 9.80 Å². The van der Waals surface area contributed by atoms with Crippen molar-refractivity contribution in [3.63, 3.8) is 0 Å². The summed E-state index contributed by atoms with van der Waals surface area (Å²) in [6.07, 6.45) is 0.00819. The number of hydrogen-bond acceptors (Lipinski definition) is 4. The molecule has 6 nitrogen and oxygen atoms in total. The third-order valence-electron chi connectivity index (χ3n) is 4.74. The lowest BCUT2D eigenvalue weighted by Crippen LogP contribution is -2.37. The maximum Gasteiger partial charge on any atom is 0.252 e. The molecule has 0 aliphatic carbocycles. The minimum atomic E-state index is -0.642. The van der Waals surface area contributed by atoms with Gasteiger partial charge >= 0.3 is 0 Å². The molecule has 2 amide bonds. The van der Waals surface area contributed by atoms with Crippen LogP contribution < -0.4 is 10.1 Å². The molecule has 0 radical (unpaired) electrons. The fraction of sp³-hybridized carbons (Fsp3) is 0.286. The number of carbonyl (C=O) groups is 2. The van der Waals surface area contributed by atoms with Crippen molar-refractivity contribution in [3.8, 4) is 5.75 Å². The number of hydrogen-bond donors (Lipinski definition) is 1. The summed E-state index contributed by atoms with van der Waals surface area (Å²) in [6, 6.07) is 13.7. The van der Waals surface area contributed by atoms with Gasteiger partial charge in [-0.25, -0.2) is 0 Å². The molecule has 8 heteroatoms. The summed E-state index contributed by atoms with van der Waals surface area (Å²) < 4.78 is 5.19. The van der Waals surface area contributed by atoms with E-state index in [4.69, 9.17) is 28.6 Å². The molecule has 2 aromatic carbocycles. The molecule has 0 aromatic heterocycles. The number of ether oxygens (including phenoxy) is 1. The Morgan fingerprint density at radius 3 is 2.41 bits per heavy atom. The molecule has 2 aromatic rings. The number of rotatable bonds is 7. The lowest BCUT2D eigenvalue weighted by Gasteiger charge is -2.24. The molecule has 1 saturated heterocycles. The minimum absolute atomic E-state index is 0.00819. The lowest BCUT2D eigenvalue weighted by molar-refractivity contribution is -0.130. The molecule has 0 saturated carbocycles. The lowest BCUT2D eigenvalue weighted by atomic mass is 10.1. The van der Waals surface area contributed by atoms with Gasteiger partial charge in [-0.15, -0.1) is 0 Å². The zero-order chi connectivity index (χ0) is 21.0. The second-order valence-electron chi connectivity index (χ2n) is 6.62. The van der Waals surface area contributed by atoms with Gasteiger partial charge in [0.15, 0.2) is 5.11 Å². The highest BCUT2D eigenvalue weighted by Crippen LogP contribution is 2.24. The summed E-state index contributed by atoms with van der Waals surface area (Å²) in [6.45, 7) is 2.77. The molecule has 0 spiro atoms. The number of likely N-dealkylation sites (N-methyl/N-ethyl adjacent to an activating group) is 1. The van der Waals surface area contributed by atoms with E-state index in [2.05, 4.69) is 5.32 Å². The molecular formula is C21H22ClN3O3S. The Labute approximate surface area is 180 Å². The first-order valence-corrected chi connectivity index (χ1v) is 10.0. The summed E-state index contributed by atoms with van der Waals surface area (Å²) in [4.78, 5) is 28.8. The van der Waals surface area contributed by atoms with Crippen LogP contribution in [0.25, 0.3) is 0 Å². The average Bonchev–Trinajstić information content (AvgIpc) is 2.93. The summed E-state index contributed by atoms with van der Waals surface area (Å²) in [7, 11) is 1.61. The molecule has 1 aliphatic rings. The van der Waals surface area contributed by atoms with E-state index in [0.29, 0.717) is 28.9 Å². The van der Waals surface area contributed by atoms with Gasteiger partial charge in [0.25, 0.3) is 5.91 Å². The van der Waals surface area contributed by atoms with Gasteiger partial charge in [-0.3, -0.25) is 14.5 Å². The van der Waals surface area contributed by atoms with E-state index in [1.165, 1.54) is 0 Å². The van der Waals surface area contributed by atoms with E-state index in [1.807, 2.05) is 36.1 Å². The minimum Gasteiger partial charge on any atom is -0.497 e. The van der Waals surface area contributed by atoms with Gasteiger partial charge in [0.1, 0.15) is 11.8 Å². The molecule has 152 valence electrons. The van der Waals surface area contributed by atoms with Crippen molar-refractivity contribution in [2.75, 3.05) is 19.0 Å². The average molecular weight is 432 g/mol. The zero-order valence-corrected chi connectivity index (χ0v) is 17.8. The maximum atomic E-state index is 12.9. The van der Waals surface area contributed by atoms with Crippen molar-refractivity contribution in [1.29, 1.82) is 0 Å². The van der Waals surface area contributed by atoms with Crippen LogP contribution in [0.3, 0.4) is 0 Å². The van der Waals surface area contributed by atoms with Crippen molar-refractivity contribution in [2.45, 2.75) is 25.9 Å². The highest BCUT2D eigenvalue weighted by atomic mass is 35.5. The maximum absolute atomic E-state index is 12.9. The normalized spacial score (nSPS) is 16.3. The first kappa shape index (κ1) is 21.1.